The molecule has 0 saturated heterocycles. The summed E-state index contributed by atoms with van der Waals surface area (Å²) in [5, 5.41) is 5.27. The zero-order valence-electron chi connectivity index (χ0n) is 13.8. The summed E-state index contributed by atoms with van der Waals surface area (Å²) < 4.78 is 11.0. The second-order valence-corrected chi connectivity index (χ2v) is 6.56. The van der Waals surface area contributed by atoms with Crippen molar-refractivity contribution in [1.82, 2.24) is 5.43 Å². The first-order valence-electron chi connectivity index (χ1n) is 7.77. The van der Waals surface area contributed by atoms with E-state index in [9.17, 15) is 4.79 Å². The van der Waals surface area contributed by atoms with Crippen LogP contribution in [0, 0.1) is 0 Å². The summed E-state index contributed by atoms with van der Waals surface area (Å²) in [7, 11) is 0. The molecule has 27 heavy (non-hydrogen) atoms. The van der Waals surface area contributed by atoms with Crippen molar-refractivity contribution in [2.45, 2.75) is 0 Å². The maximum Gasteiger partial charge on any atom is 0.277 e. The number of ether oxygens (including phenoxy) is 1. The number of halogens is 3. The van der Waals surface area contributed by atoms with Crippen LogP contribution in [0.5, 0.6) is 5.75 Å². The van der Waals surface area contributed by atoms with Gasteiger partial charge in [0.25, 0.3) is 5.91 Å². The summed E-state index contributed by atoms with van der Waals surface area (Å²) >= 11 is 18.0. The number of hydrogen-bond acceptors (Lipinski definition) is 4. The van der Waals surface area contributed by atoms with Crippen LogP contribution in [0.3, 0.4) is 0 Å². The first-order valence-corrected chi connectivity index (χ1v) is 8.91. The molecule has 8 heteroatoms. The highest BCUT2D eigenvalue weighted by Gasteiger charge is 2.10. The topological polar surface area (TPSA) is 63.8 Å². The minimum Gasteiger partial charge on any atom is -0.484 e. The first-order chi connectivity index (χ1) is 13.0. The normalized spacial score (nSPS) is 10.9. The zero-order valence-corrected chi connectivity index (χ0v) is 16.1. The number of hydrogen-bond donors (Lipinski definition) is 1. The number of nitrogens with one attached hydrogen (secondary N) is 1. The average molecular weight is 424 g/mol. The number of hydrazone groups is 1. The second-order valence-electron chi connectivity index (χ2n) is 5.34. The van der Waals surface area contributed by atoms with E-state index in [1.807, 2.05) is 0 Å². The molecule has 1 heterocycles. The molecule has 3 rings (SSSR count). The summed E-state index contributed by atoms with van der Waals surface area (Å²) in [5.41, 5.74) is 3.03. The third-order valence-electron chi connectivity index (χ3n) is 3.41. The van der Waals surface area contributed by atoms with Gasteiger partial charge in [0.1, 0.15) is 17.3 Å². The highest BCUT2D eigenvalue weighted by molar-refractivity contribution is 6.43. The van der Waals surface area contributed by atoms with Gasteiger partial charge in [0.05, 0.1) is 16.3 Å². The smallest absolute Gasteiger partial charge is 0.277 e. The van der Waals surface area contributed by atoms with E-state index in [4.69, 9.17) is 44.0 Å². The molecular formula is C19H13Cl3N2O3. The monoisotopic (exact) mass is 422 g/mol. The number of nitrogens with zero attached hydrogens (tertiary/aromatic N) is 1. The lowest BCUT2D eigenvalue weighted by Crippen LogP contribution is -2.24. The fourth-order valence-electron chi connectivity index (χ4n) is 2.14. The molecule has 3 aromatic rings. The summed E-state index contributed by atoms with van der Waals surface area (Å²) in [6.07, 6.45) is 1.38. The molecule has 1 N–H and O–H groups in total. The van der Waals surface area contributed by atoms with Crippen LogP contribution in [0.2, 0.25) is 15.1 Å². The third-order valence-corrected chi connectivity index (χ3v) is 4.48. The Morgan fingerprint density at radius 2 is 1.85 bits per heavy atom. The predicted octanol–water partition coefficient (Wildman–Crippen LogP) is 5.44. The maximum atomic E-state index is 11.7. The number of benzene rings is 2. The largest absolute Gasteiger partial charge is 0.484 e. The predicted molar refractivity (Wildman–Crippen MR) is 107 cm³/mol. The highest BCUT2D eigenvalue weighted by atomic mass is 35.5. The SMILES string of the molecule is O=C(COc1ccc(Cl)cc1)NN=Cc1ccc(-c2cccc(Cl)c2Cl)o1. The van der Waals surface area contributed by atoms with Gasteiger partial charge in [-0.05, 0) is 48.5 Å². The van der Waals surface area contributed by atoms with E-state index in [0.29, 0.717) is 37.9 Å². The summed E-state index contributed by atoms with van der Waals surface area (Å²) in [5.74, 6) is 1.11. The average Bonchev–Trinajstić information content (AvgIpc) is 3.12. The number of furan rings is 1. The van der Waals surface area contributed by atoms with Gasteiger partial charge in [0.2, 0.25) is 0 Å². The van der Waals surface area contributed by atoms with E-state index in [2.05, 4.69) is 10.5 Å². The van der Waals surface area contributed by atoms with E-state index in [-0.39, 0.29) is 6.61 Å². The summed E-state index contributed by atoms with van der Waals surface area (Å²) in [6, 6.07) is 15.4. The Balaban J connectivity index is 1.54. The fraction of sp³-hybridized carbons (Fsp3) is 0.0526. The Kier molecular flexibility index (Phi) is 6.40. The van der Waals surface area contributed by atoms with Crippen LogP contribution in [0.25, 0.3) is 11.3 Å². The highest BCUT2D eigenvalue weighted by Crippen LogP contribution is 2.34. The molecule has 0 saturated carbocycles. The Hall–Kier alpha value is -2.47. The number of carbonyl (C=O) groups is 1. The van der Waals surface area contributed by atoms with E-state index >= 15 is 0 Å². The standard InChI is InChI=1S/C19H13Cl3N2O3/c20-12-4-6-13(7-5-12)26-11-18(25)24-23-10-14-8-9-17(27-14)15-2-1-3-16(21)19(15)22/h1-10H,11H2,(H,24,25). The first kappa shape index (κ1) is 19.3. The third kappa shape index (κ3) is 5.26. The van der Waals surface area contributed by atoms with E-state index in [0.717, 1.165) is 0 Å². The molecule has 0 bridgehead atoms. The van der Waals surface area contributed by atoms with Gasteiger partial charge in [0.15, 0.2) is 6.61 Å². The molecule has 138 valence electrons. The van der Waals surface area contributed by atoms with Crippen LogP contribution in [0.15, 0.2) is 64.1 Å². The molecule has 0 fully saturated rings. The zero-order chi connectivity index (χ0) is 19.2. The van der Waals surface area contributed by atoms with Crippen molar-refractivity contribution < 1.29 is 13.9 Å². The van der Waals surface area contributed by atoms with Crippen LogP contribution < -0.4 is 10.2 Å². The number of carbonyl (C=O) groups excluding carboxylic acids is 1. The minimum atomic E-state index is -0.411. The molecule has 0 unspecified atom stereocenters. The van der Waals surface area contributed by atoms with Crippen LogP contribution in [-0.2, 0) is 4.79 Å². The molecular weight excluding hydrogens is 411 g/mol. The quantitative estimate of drug-likeness (QED) is 0.424. The summed E-state index contributed by atoms with van der Waals surface area (Å²) in [4.78, 5) is 11.7. The molecule has 0 spiro atoms. The Morgan fingerprint density at radius 1 is 1.07 bits per heavy atom. The van der Waals surface area contributed by atoms with Gasteiger partial charge in [0, 0.05) is 10.6 Å². The lowest BCUT2D eigenvalue weighted by molar-refractivity contribution is -0.123. The van der Waals surface area contributed by atoms with Crippen molar-refractivity contribution in [2.24, 2.45) is 5.10 Å². The molecule has 1 amide bonds. The molecule has 0 atom stereocenters. The van der Waals surface area contributed by atoms with Gasteiger partial charge < -0.3 is 9.15 Å². The van der Waals surface area contributed by atoms with Crippen LogP contribution in [0.1, 0.15) is 5.76 Å². The van der Waals surface area contributed by atoms with Gasteiger partial charge in [-0.15, -0.1) is 0 Å². The molecule has 0 aliphatic carbocycles. The fourth-order valence-corrected chi connectivity index (χ4v) is 2.66. The van der Waals surface area contributed by atoms with Crippen molar-refractivity contribution in [2.75, 3.05) is 6.61 Å². The van der Waals surface area contributed by atoms with Crippen LogP contribution in [0.4, 0.5) is 0 Å². The second kappa shape index (κ2) is 8.95. The van der Waals surface area contributed by atoms with Gasteiger partial charge in [-0.1, -0.05) is 40.9 Å². The van der Waals surface area contributed by atoms with Crippen molar-refractivity contribution >= 4 is 46.9 Å². The molecule has 1 aromatic heterocycles. The van der Waals surface area contributed by atoms with Gasteiger partial charge >= 0.3 is 0 Å². The van der Waals surface area contributed by atoms with Crippen molar-refractivity contribution in [3.8, 4) is 17.1 Å². The van der Waals surface area contributed by atoms with Crippen LogP contribution >= 0.6 is 34.8 Å². The molecule has 0 aliphatic heterocycles. The maximum absolute atomic E-state index is 11.7. The Labute approximate surface area is 170 Å². The number of rotatable bonds is 6. The van der Waals surface area contributed by atoms with Crippen molar-refractivity contribution in [3.63, 3.8) is 0 Å². The molecule has 2 aromatic carbocycles. The Bertz CT molecular complexity index is 969. The van der Waals surface area contributed by atoms with Gasteiger partial charge in [-0.25, -0.2) is 5.43 Å². The van der Waals surface area contributed by atoms with E-state index in [1.54, 1.807) is 54.6 Å². The Morgan fingerprint density at radius 3 is 2.63 bits per heavy atom. The van der Waals surface area contributed by atoms with Crippen molar-refractivity contribution in [1.29, 1.82) is 0 Å². The molecule has 5 nitrogen and oxygen atoms in total. The molecule has 0 radical (unpaired) electrons. The van der Waals surface area contributed by atoms with E-state index in [1.165, 1.54) is 6.21 Å². The number of amides is 1. The van der Waals surface area contributed by atoms with E-state index < -0.39 is 5.91 Å². The van der Waals surface area contributed by atoms with Crippen LogP contribution in [-0.4, -0.2) is 18.7 Å². The van der Waals surface area contributed by atoms with Crippen molar-refractivity contribution in [3.05, 3.63) is 75.4 Å². The lowest BCUT2D eigenvalue weighted by Gasteiger charge is -2.04. The summed E-state index contributed by atoms with van der Waals surface area (Å²) in [6.45, 7) is -0.180. The minimum absolute atomic E-state index is 0.180. The lowest BCUT2D eigenvalue weighted by atomic mass is 10.2. The molecule has 0 aliphatic rings. The van der Waals surface area contributed by atoms with Gasteiger partial charge in [-0.3, -0.25) is 4.79 Å². The van der Waals surface area contributed by atoms with Gasteiger partial charge in [-0.2, -0.15) is 5.10 Å².